The van der Waals surface area contributed by atoms with Gasteiger partial charge in [0.1, 0.15) is 5.01 Å². The van der Waals surface area contributed by atoms with E-state index in [4.69, 9.17) is 11.3 Å². The lowest BCUT2D eigenvalue weighted by atomic mass is 9.81. The van der Waals surface area contributed by atoms with Crippen molar-refractivity contribution in [1.29, 1.82) is 0 Å². The SMILES string of the molecule is [C-]#[N+]c1ccc2c(c1)C1(CCN(C(=O)C(=O)NC)C1)CN2C(=O)Cc1ncc(OC)s1. The Hall–Kier alpha value is -3.45. The minimum atomic E-state index is -0.657. The van der Waals surface area contributed by atoms with Crippen molar-refractivity contribution in [1.82, 2.24) is 15.2 Å². The average Bonchev–Trinajstić information content (AvgIpc) is 3.50. The van der Waals surface area contributed by atoms with E-state index in [2.05, 4.69) is 15.1 Å². The number of anilines is 1. The highest BCUT2D eigenvalue weighted by Crippen LogP contribution is 2.48. The van der Waals surface area contributed by atoms with Crippen LogP contribution in [-0.2, 0) is 26.2 Å². The first-order chi connectivity index (χ1) is 14.9. The molecule has 3 heterocycles. The summed E-state index contributed by atoms with van der Waals surface area (Å²) in [5.74, 6) is -1.35. The zero-order valence-electron chi connectivity index (χ0n) is 17.2. The number of amides is 3. The summed E-state index contributed by atoms with van der Waals surface area (Å²) in [5, 5.41) is 3.67. The third-order valence-corrected chi connectivity index (χ3v) is 6.79. The van der Waals surface area contributed by atoms with Gasteiger partial charge in [-0.15, -0.1) is 0 Å². The minimum absolute atomic E-state index is 0.109. The third-order valence-electron chi connectivity index (χ3n) is 5.83. The molecule has 0 radical (unpaired) electrons. The number of hydrogen-bond acceptors (Lipinski definition) is 6. The van der Waals surface area contributed by atoms with E-state index in [1.165, 1.54) is 23.3 Å². The van der Waals surface area contributed by atoms with E-state index < -0.39 is 17.2 Å². The van der Waals surface area contributed by atoms with Gasteiger partial charge in [0.2, 0.25) is 5.91 Å². The summed E-state index contributed by atoms with van der Waals surface area (Å²) in [6.45, 7) is 8.50. The van der Waals surface area contributed by atoms with Crippen molar-refractivity contribution in [2.45, 2.75) is 18.3 Å². The molecule has 1 spiro atoms. The summed E-state index contributed by atoms with van der Waals surface area (Å²) in [4.78, 5) is 48.4. The van der Waals surface area contributed by atoms with Gasteiger partial charge in [-0.3, -0.25) is 14.4 Å². The highest BCUT2D eigenvalue weighted by atomic mass is 32.1. The number of benzene rings is 1. The molecule has 0 saturated carbocycles. The molecule has 1 aromatic heterocycles. The van der Waals surface area contributed by atoms with Crippen LogP contribution >= 0.6 is 11.3 Å². The Bertz CT molecular complexity index is 1110. The predicted molar refractivity (Wildman–Crippen MR) is 114 cm³/mol. The molecule has 4 rings (SSSR count). The molecule has 2 aliphatic heterocycles. The number of carbonyl (C=O) groups excluding carboxylic acids is 3. The molecule has 3 amide bonds. The van der Waals surface area contributed by atoms with Crippen LogP contribution in [0.3, 0.4) is 0 Å². The first kappa shape index (κ1) is 20.8. The number of carbonyl (C=O) groups is 3. The monoisotopic (exact) mass is 439 g/mol. The fraction of sp³-hybridized carbons (Fsp3) is 0.381. The van der Waals surface area contributed by atoms with Crippen molar-refractivity contribution in [3.8, 4) is 5.06 Å². The first-order valence-electron chi connectivity index (χ1n) is 9.73. The molecule has 2 aliphatic rings. The van der Waals surface area contributed by atoms with Gasteiger partial charge in [0.05, 0.1) is 26.3 Å². The largest absolute Gasteiger partial charge is 0.486 e. The second-order valence-electron chi connectivity index (χ2n) is 7.58. The average molecular weight is 439 g/mol. The highest BCUT2D eigenvalue weighted by Gasteiger charge is 2.50. The third kappa shape index (κ3) is 3.61. The molecular formula is C21H21N5O4S. The van der Waals surface area contributed by atoms with Gasteiger partial charge in [0, 0.05) is 37.8 Å². The van der Waals surface area contributed by atoms with Gasteiger partial charge in [0.25, 0.3) is 0 Å². The van der Waals surface area contributed by atoms with Crippen LogP contribution in [0.15, 0.2) is 24.4 Å². The molecule has 1 N–H and O–H groups in total. The molecule has 0 aliphatic carbocycles. The Balaban J connectivity index is 1.64. The number of likely N-dealkylation sites (N-methyl/N-ethyl adjacent to an activating group) is 1. The number of aromatic nitrogens is 1. The van der Waals surface area contributed by atoms with Crippen molar-refractivity contribution < 1.29 is 19.1 Å². The molecule has 1 fully saturated rings. The van der Waals surface area contributed by atoms with E-state index >= 15 is 0 Å². The zero-order chi connectivity index (χ0) is 22.2. The van der Waals surface area contributed by atoms with Gasteiger partial charge in [-0.2, -0.15) is 0 Å². The lowest BCUT2D eigenvalue weighted by Crippen LogP contribution is -2.44. The van der Waals surface area contributed by atoms with Crippen molar-refractivity contribution in [3.05, 3.63) is 46.4 Å². The normalized spacial score (nSPS) is 19.3. The molecule has 9 nitrogen and oxygen atoms in total. The minimum Gasteiger partial charge on any atom is -0.486 e. The first-order valence-corrected chi connectivity index (χ1v) is 10.5. The van der Waals surface area contributed by atoms with Gasteiger partial charge in [-0.1, -0.05) is 23.5 Å². The van der Waals surface area contributed by atoms with Crippen molar-refractivity contribution >= 4 is 40.4 Å². The zero-order valence-corrected chi connectivity index (χ0v) is 18.0. The number of methoxy groups -OCH3 is 1. The fourth-order valence-corrected chi connectivity index (χ4v) is 5.01. The topological polar surface area (TPSA) is 96.2 Å². The quantitative estimate of drug-likeness (QED) is 0.578. The van der Waals surface area contributed by atoms with Gasteiger partial charge < -0.3 is 19.9 Å². The van der Waals surface area contributed by atoms with Gasteiger partial charge in [0.15, 0.2) is 10.8 Å². The summed E-state index contributed by atoms with van der Waals surface area (Å²) in [6, 6.07) is 5.29. The van der Waals surface area contributed by atoms with E-state index in [0.717, 1.165) is 11.3 Å². The number of fused-ring (bicyclic) bond motifs is 2. The van der Waals surface area contributed by atoms with E-state index in [1.54, 1.807) is 36.4 Å². The maximum atomic E-state index is 13.2. The molecule has 2 aromatic rings. The van der Waals surface area contributed by atoms with Crippen LogP contribution in [0.5, 0.6) is 5.06 Å². The van der Waals surface area contributed by atoms with Crippen LogP contribution in [0.25, 0.3) is 4.85 Å². The van der Waals surface area contributed by atoms with Crippen molar-refractivity contribution in [2.75, 3.05) is 38.7 Å². The van der Waals surface area contributed by atoms with Gasteiger partial charge >= 0.3 is 11.8 Å². The molecule has 160 valence electrons. The Morgan fingerprint density at radius 1 is 1.35 bits per heavy atom. The second-order valence-corrected chi connectivity index (χ2v) is 8.66. The number of rotatable bonds is 3. The van der Waals surface area contributed by atoms with E-state index in [9.17, 15) is 14.4 Å². The molecular weight excluding hydrogens is 418 g/mol. The van der Waals surface area contributed by atoms with E-state index in [1.807, 2.05) is 0 Å². The molecule has 10 heteroatoms. The van der Waals surface area contributed by atoms with Gasteiger partial charge in [-0.25, -0.2) is 9.83 Å². The number of ether oxygens (including phenoxy) is 1. The fourth-order valence-electron chi connectivity index (χ4n) is 4.29. The van der Waals surface area contributed by atoms with Crippen molar-refractivity contribution in [3.63, 3.8) is 0 Å². The number of nitrogens with one attached hydrogen (secondary N) is 1. The Morgan fingerprint density at radius 2 is 2.16 bits per heavy atom. The smallest absolute Gasteiger partial charge is 0.311 e. The Morgan fingerprint density at radius 3 is 2.84 bits per heavy atom. The van der Waals surface area contributed by atoms with E-state index in [0.29, 0.717) is 41.8 Å². The summed E-state index contributed by atoms with van der Waals surface area (Å²) >= 11 is 1.32. The maximum Gasteiger partial charge on any atom is 0.311 e. The lowest BCUT2D eigenvalue weighted by molar-refractivity contribution is -0.145. The summed E-state index contributed by atoms with van der Waals surface area (Å²) in [7, 11) is 2.98. The molecule has 1 atom stereocenters. The standard InChI is InChI=1S/C21H21N5O4S/c1-22-13-4-5-15-14(8-13)21(6-7-25(11-21)20(29)19(28)23-2)12-26(15)17(27)9-16-24-10-18(30-3)31-16/h4-5,8,10H,6-7,9,11-12H2,2-3H3,(H,23,28). The molecule has 31 heavy (non-hydrogen) atoms. The summed E-state index contributed by atoms with van der Waals surface area (Å²) < 4.78 is 5.16. The molecule has 1 saturated heterocycles. The number of likely N-dealkylation sites (tertiary alicyclic amines) is 1. The van der Waals surface area contributed by atoms with E-state index in [-0.39, 0.29) is 12.3 Å². The van der Waals surface area contributed by atoms with Crippen molar-refractivity contribution in [2.24, 2.45) is 0 Å². The number of hydrogen-bond donors (Lipinski definition) is 1. The van der Waals surface area contributed by atoms with Crippen LogP contribution in [0, 0.1) is 6.57 Å². The maximum absolute atomic E-state index is 13.2. The Labute approximate surface area is 183 Å². The second kappa shape index (κ2) is 8.00. The van der Waals surface area contributed by atoms with Crippen LogP contribution in [-0.4, -0.2) is 61.4 Å². The Kier molecular flexibility index (Phi) is 5.37. The predicted octanol–water partition coefficient (Wildman–Crippen LogP) is 1.51. The van der Waals surface area contributed by atoms with Crippen LogP contribution in [0.4, 0.5) is 11.4 Å². The summed E-state index contributed by atoms with van der Waals surface area (Å²) in [6.07, 6.45) is 2.34. The summed E-state index contributed by atoms with van der Waals surface area (Å²) in [5.41, 5.74) is 1.59. The molecule has 1 unspecified atom stereocenters. The van der Waals surface area contributed by atoms with Crippen LogP contribution in [0.2, 0.25) is 0 Å². The lowest BCUT2D eigenvalue weighted by Gasteiger charge is -2.25. The molecule has 0 bridgehead atoms. The number of thiazole rings is 1. The van der Waals surface area contributed by atoms with Crippen LogP contribution in [0.1, 0.15) is 17.0 Å². The molecule has 1 aromatic carbocycles. The van der Waals surface area contributed by atoms with Crippen LogP contribution < -0.4 is 15.0 Å². The highest BCUT2D eigenvalue weighted by molar-refractivity contribution is 7.13. The number of nitrogens with zero attached hydrogens (tertiary/aromatic N) is 4. The van der Waals surface area contributed by atoms with Gasteiger partial charge in [-0.05, 0) is 18.1 Å².